The van der Waals surface area contributed by atoms with Gasteiger partial charge in [0.15, 0.2) is 5.76 Å². The van der Waals surface area contributed by atoms with Gasteiger partial charge in [0.1, 0.15) is 5.58 Å². The highest BCUT2D eigenvalue weighted by molar-refractivity contribution is 8.00. The Morgan fingerprint density at radius 2 is 2.00 bits per heavy atom. The van der Waals surface area contributed by atoms with Crippen molar-refractivity contribution in [2.45, 2.75) is 23.3 Å². The minimum absolute atomic E-state index is 0. The molecule has 0 radical (unpaired) electrons. The predicted octanol–water partition coefficient (Wildman–Crippen LogP) is 4.94. The summed E-state index contributed by atoms with van der Waals surface area (Å²) in [6.45, 7) is 4.44. The van der Waals surface area contributed by atoms with Crippen molar-refractivity contribution in [2.24, 2.45) is 0 Å². The molecule has 4 nitrogen and oxygen atoms in total. The van der Waals surface area contributed by atoms with E-state index in [9.17, 15) is 4.79 Å². The number of halogens is 1. The van der Waals surface area contributed by atoms with Gasteiger partial charge in [-0.3, -0.25) is 4.79 Å². The lowest BCUT2D eigenvalue weighted by atomic mass is 10.1. The van der Waals surface area contributed by atoms with Crippen LogP contribution in [0.3, 0.4) is 0 Å². The van der Waals surface area contributed by atoms with Crippen LogP contribution >= 0.6 is 35.5 Å². The monoisotopic (exact) mass is 410 g/mol. The molecule has 0 aliphatic heterocycles. The average Bonchev–Trinajstić information content (AvgIpc) is 3.27. The molecule has 0 atom stereocenters. The second-order valence-corrected chi connectivity index (χ2v) is 7.86. The first-order valence-electron chi connectivity index (χ1n) is 8.45. The summed E-state index contributed by atoms with van der Waals surface area (Å²) in [6, 6.07) is 12.0. The molecule has 140 valence electrons. The smallest absolute Gasteiger partial charge is 0.287 e. The number of furan rings is 1. The van der Waals surface area contributed by atoms with Crippen LogP contribution in [0, 0.1) is 0 Å². The van der Waals surface area contributed by atoms with E-state index >= 15 is 0 Å². The Bertz CT molecular complexity index is 818. The van der Waals surface area contributed by atoms with Crippen LogP contribution in [-0.2, 0) is 5.75 Å². The molecular formula is C19H23ClN2O2S2. The highest BCUT2D eigenvalue weighted by atomic mass is 35.5. The largest absolute Gasteiger partial charge is 0.451 e. The number of thioether (sulfide) groups is 1. The van der Waals surface area contributed by atoms with E-state index in [1.54, 1.807) is 23.1 Å². The summed E-state index contributed by atoms with van der Waals surface area (Å²) in [7, 11) is 0. The van der Waals surface area contributed by atoms with Gasteiger partial charge in [-0.1, -0.05) is 31.2 Å². The Morgan fingerprint density at radius 3 is 2.77 bits per heavy atom. The van der Waals surface area contributed by atoms with Crippen LogP contribution in [0.5, 0.6) is 0 Å². The average molecular weight is 411 g/mol. The summed E-state index contributed by atoms with van der Waals surface area (Å²) in [5.41, 5.74) is 1.73. The first-order valence-corrected chi connectivity index (χ1v) is 10.3. The van der Waals surface area contributed by atoms with E-state index in [0.717, 1.165) is 36.0 Å². The molecule has 1 aromatic carbocycles. The zero-order valence-electron chi connectivity index (χ0n) is 14.6. The molecule has 3 aromatic rings. The van der Waals surface area contributed by atoms with Crippen molar-refractivity contribution in [1.82, 2.24) is 10.6 Å². The number of hydrogen-bond acceptors (Lipinski definition) is 5. The molecule has 0 bridgehead atoms. The second kappa shape index (κ2) is 10.6. The fraction of sp³-hybridized carbons (Fsp3) is 0.316. The number of rotatable bonds is 9. The third-order valence-corrected chi connectivity index (χ3v) is 5.93. The van der Waals surface area contributed by atoms with Gasteiger partial charge in [-0.15, -0.1) is 35.5 Å². The van der Waals surface area contributed by atoms with Crippen LogP contribution in [0.4, 0.5) is 0 Å². The molecule has 26 heavy (non-hydrogen) atoms. The van der Waals surface area contributed by atoms with Crippen LogP contribution < -0.4 is 10.6 Å². The van der Waals surface area contributed by atoms with Crippen molar-refractivity contribution < 1.29 is 9.21 Å². The maximum Gasteiger partial charge on any atom is 0.287 e. The summed E-state index contributed by atoms with van der Waals surface area (Å²) in [5, 5.41) is 9.31. The number of carbonyl (C=O) groups is 1. The summed E-state index contributed by atoms with van der Waals surface area (Å²) >= 11 is 3.44. The lowest BCUT2D eigenvalue weighted by Crippen LogP contribution is -2.32. The number of amides is 1. The van der Waals surface area contributed by atoms with Crippen molar-refractivity contribution in [3.8, 4) is 0 Å². The SMILES string of the molecule is CCCNCCNC(=O)c1oc2ccccc2c1CSc1cccs1.Cl. The minimum Gasteiger partial charge on any atom is -0.451 e. The van der Waals surface area contributed by atoms with Gasteiger partial charge < -0.3 is 15.1 Å². The third kappa shape index (κ3) is 5.27. The van der Waals surface area contributed by atoms with E-state index in [-0.39, 0.29) is 18.3 Å². The molecule has 0 unspecified atom stereocenters. The molecule has 0 saturated carbocycles. The van der Waals surface area contributed by atoms with Crippen molar-refractivity contribution in [3.63, 3.8) is 0 Å². The van der Waals surface area contributed by atoms with Crippen LogP contribution in [0.25, 0.3) is 11.0 Å². The Kier molecular flexibility index (Phi) is 8.51. The van der Waals surface area contributed by atoms with Crippen molar-refractivity contribution in [2.75, 3.05) is 19.6 Å². The molecule has 0 fully saturated rings. The maximum absolute atomic E-state index is 12.6. The highest BCUT2D eigenvalue weighted by Crippen LogP contribution is 2.33. The third-order valence-electron chi connectivity index (χ3n) is 3.77. The van der Waals surface area contributed by atoms with Gasteiger partial charge in [0.2, 0.25) is 0 Å². The van der Waals surface area contributed by atoms with Crippen molar-refractivity contribution in [1.29, 1.82) is 0 Å². The molecular weight excluding hydrogens is 388 g/mol. The lowest BCUT2D eigenvalue weighted by Gasteiger charge is -2.06. The zero-order chi connectivity index (χ0) is 17.5. The molecule has 7 heteroatoms. The van der Waals surface area contributed by atoms with E-state index in [0.29, 0.717) is 18.1 Å². The van der Waals surface area contributed by atoms with E-state index in [1.165, 1.54) is 4.21 Å². The first-order chi connectivity index (χ1) is 12.3. The van der Waals surface area contributed by atoms with Gasteiger partial charge >= 0.3 is 0 Å². The Hall–Kier alpha value is -1.47. The summed E-state index contributed by atoms with van der Waals surface area (Å²) in [6.07, 6.45) is 1.08. The normalized spacial score (nSPS) is 10.7. The molecule has 0 spiro atoms. The Labute approximate surface area is 168 Å². The fourth-order valence-electron chi connectivity index (χ4n) is 2.56. The second-order valence-electron chi connectivity index (χ2n) is 5.63. The zero-order valence-corrected chi connectivity index (χ0v) is 17.1. The summed E-state index contributed by atoms with van der Waals surface area (Å²) in [4.78, 5) is 12.6. The van der Waals surface area contributed by atoms with E-state index in [1.807, 2.05) is 30.3 Å². The number of hydrogen-bond donors (Lipinski definition) is 2. The molecule has 2 heterocycles. The lowest BCUT2D eigenvalue weighted by molar-refractivity contribution is 0.0927. The number of thiophene rings is 1. The minimum atomic E-state index is -0.142. The van der Waals surface area contributed by atoms with E-state index in [2.05, 4.69) is 29.0 Å². The van der Waals surface area contributed by atoms with E-state index < -0.39 is 0 Å². The molecule has 0 aliphatic carbocycles. The number of nitrogens with one attached hydrogen (secondary N) is 2. The van der Waals surface area contributed by atoms with Gasteiger partial charge in [-0.25, -0.2) is 0 Å². The number of fused-ring (bicyclic) bond motifs is 1. The first kappa shape index (κ1) is 20.8. The topological polar surface area (TPSA) is 54.3 Å². The summed E-state index contributed by atoms with van der Waals surface area (Å²) in [5.74, 6) is 1.01. The molecule has 0 saturated heterocycles. The Morgan fingerprint density at radius 1 is 1.15 bits per heavy atom. The molecule has 2 aromatic heterocycles. The van der Waals surface area contributed by atoms with Gasteiger partial charge in [-0.05, 0) is 30.5 Å². The molecule has 2 N–H and O–H groups in total. The summed E-state index contributed by atoms with van der Waals surface area (Å²) < 4.78 is 7.10. The van der Waals surface area contributed by atoms with Gasteiger partial charge in [0, 0.05) is 29.8 Å². The predicted molar refractivity (Wildman–Crippen MR) is 113 cm³/mol. The van der Waals surface area contributed by atoms with Crippen LogP contribution in [0.2, 0.25) is 0 Å². The maximum atomic E-state index is 12.6. The number of carbonyl (C=O) groups excluding carboxylic acids is 1. The standard InChI is InChI=1S/C19H22N2O2S2.ClH/c1-2-9-20-10-11-21-19(22)18-15(13-25-17-8-5-12-24-17)14-6-3-4-7-16(14)23-18;/h3-8,12,20H,2,9-11,13H2,1H3,(H,21,22);1H. The van der Waals surface area contributed by atoms with E-state index in [4.69, 9.17) is 4.42 Å². The van der Waals surface area contributed by atoms with Crippen LogP contribution in [0.15, 0.2) is 50.4 Å². The van der Waals surface area contributed by atoms with Gasteiger partial charge in [0.25, 0.3) is 5.91 Å². The van der Waals surface area contributed by atoms with Gasteiger partial charge in [-0.2, -0.15) is 0 Å². The number of benzene rings is 1. The molecule has 1 amide bonds. The highest BCUT2D eigenvalue weighted by Gasteiger charge is 2.20. The van der Waals surface area contributed by atoms with Crippen LogP contribution in [-0.4, -0.2) is 25.5 Å². The quantitative estimate of drug-likeness (QED) is 0.387. The van der Waals surface area contributed by atoms with Crippen LogP contribution in [0.1, 0.15) is 29.5 Å². The fourth-order valence-corrected chi connectivity index (χ4v) is 4.37. The molecule has 3 rings (SSSR count). The van der Waals surface area contributed by atoms with Crippen molar-refractivity contribution in [3.05, 3.63) is 53.1 Å². The number of para-hydroxylation sites is 1. The Balaban J connectivity index is 0.00000243. The van der Waals surface area contributed by atoms with Crippen molar-refractivity contribution >= 4 is 52.4 Å². The van der Waals surface area contributed by atoms with Gasteiger partial charge in [0.05, 0.1) is 4.21 Å². The molecule has 0 aliphatic rings.